The van der Waals surface area contributed by atoms with E-state index in [0.29, 0.717) is 35.7 Å². The van der Waals surface area contributed by atoms with Gasteiger partial charge in [-0.1, -0.05) is 30.6 Å². The van der Waals surface area contributed by atoms with E-state index in [1.54, 1.807) is 24.8 Å². The number of benzene rings is 1. The fourth-order valence-electron chi connectivity index (χ4n) is 4.03. The number of halogens is 1. The van der Waals surface area contributed by atoms with E-state index in [1.807, 2.05) is 13.8 Å². The van der Waals surface area contributed by atoms with Gasteiger partial charge in [-0.2, -0.15) is 4.98 Å². The molecule has 1 aromatic carbocycles. The zero-order valence-corrected chi connectivity index (χ0v) is 21.0. The first kappa shape index (κ1) is 25.2. The van der Waals surface area contributed by atoms with Gasteiger partial charge < -0.3 is 14.7 Å². The topological polar surface area (TPSA) is 122 Å². The summed E-state index contributed by atoms with van der Waals surface area (Å²) in [5, 5.41) is 7.22. The van der Waals surface area contributed by atoms with E-state index in [9.17, 15) is 18.0 Å². The Labute approximate surface area is 198 Å². The first-order chi connectivity index (χ1) is 15.3. The minimum absolute atomic E-state index is 0.0140. The van der Waals surface area contributed by atoms with Crippen molar-refractivity contribution in [3.8, 4) is 0 Å². The van der Waals surface area contributed by atoms with Gasteiger partial charge in [0.1, 0.15) is 12.2 Å². The molecule has 1 aromatic heterocycles. The number of rotatable bonds is 6. The Kier molecular flexibility index (Phi) is 7.18. The Morgan fingerprint density at radius 1 is 1.27 bits per heavy atom. The Morgan fingerprint density at radius 2 is 1.97 bits per heavy atom. The molecular weight excluding hydrogens is 468 g/mol. The number of aromatic nitrogens is 2. The molecule has 0 bridgehead atoms. The number of hydrogen-bond acceptors (Lipinski definition) is 7. The van der Waals surface area contributed by atoms with Crippen LogP contribution in [0.4, 0.5) is 0 Å². The molecule has 2 heterocycles. The van der Waals surface area contributed by atoms with Crippen LogP contribution in [0.2, 0.25) is 5.02 Å². The average molecular weight is 497 g/mol. The molecule has 2 amide bonds. The van der Waals surface area contributed by atoms with Gasteiger partial charge in [-0.3, -0.25) is 9.59 Å². The molecule has 1 unspecified atom stereocenters. The molecule has 0 radical (unpaired) electrons. The molecule has 0 spiro atoms. The zero-order chi connectivity index (χ0) is 24.6. The second-order valence-electron chi connectivity index (χ2n) is 9.25. The van der Waals surface area contributed by atoms with Crippen molar-refractivity contribution >= 4 is 33.3 Å². The predicted molar refractivity (Wildman–Crippen MR) is 122 cm³/mol. The third kappa shape index (κ3) is 5.92. The highest BCUT2D eigenvalue weighted by atomic mass is 35.5. The van der Waals surface area contributed by atoms with E-state index in [1.165, 1.54) is 13.0 Å². The number of carbonyl (C=O) groups excluding carboxylic acids is 2. The van der Waals surface area contributed by atoms with Gasteiger partial charge in [0, 0.05) is 36.5 Å². The number of nitrogens with zero attached hydrogens (tertiary/aromatic N) is 3. The summed E-state index contributed by atoms with van der Waals surface area (Å²) >= 11 is 6.07. The third-order valence-electron chi connectivity index (χ3n) is 5.94. The lowest BCUT2D eigenvalue weighted by molar-refractivity contribution is -0.133. The summed E-state index contributed by atoms with van der Waals surface area (Å²) in [6, 6.07) is 3.03. The largest absolute Gasteiger partial charge is 0.352 e. The SMILES string of the molecule is CC(=O)N1CCC(NC(=O)Cc2nc(CS(=O)(=O)c3cc(C)c(Cl)cc3C)no2)C(C)(C)C1. The third-order valence-corrected chi connectivity index (χ3v) is 8.10. The number of aryl methyl sites for hydroxylation is 2. The van der Waals surface area contributed by atoms with Gasteiger partial charge in [-0.05, 0) is 43.5 Å². The van der Waals surface area contributed by atoms with Crippen LogP contribution in [0.5, 0.6) is 0 Å². The Morgan fingerprint density at radius 3 is 2.61 bits per heavy atom. The molecule has 180 valence electrons. The lowest BCUT2D eigenvalue weighted by Gasteiger charge is -2.44. The first-order valence-electron chi connectivity index (χ1n) is 10.6. The van der Waals surface area contributed by atoms with Gasteiger partial charge >= 0.3 is 0 Å². The van der Waals surface area contributed by atoms with Gasteiger partial charge in [0.05, 0.1) is 4.90 Å². The van der Waals surface area contributed by atoms with Gasteiger partial charge in [-0.15, -0.1) is 0 Å². The minimum Gasteiger partial charge on any atom is -0.352 e. The number of nitrogens with one attached hydrogen (secondary N) is 1. The molecule has 2 aromatic rings. The summed E-state index contributed by atoms with van der Waals surface area (Å²) in [7, 11) is -3.73. The van der Waals surface area contributed by atoms with E-state index in [0.717, 1.165) is 0 Å². The van der Waals surface area contributed by atoms with E-state index >= 15 is 0 Å². The maximum absolute atomic E-state index is 12.9. The fourth-order valence-corrected chi connectivity index (χ4v) is 5.77. The summed E-state index contributed by atoms with van der Waals surface area (Å²) in [4.78, 5) is 30.3. The predicted octanol–water partition coefficient (Wildman–Crippen LogP) is 2.62. The van der Waals surface area contributed by atoms with Crippen LogP contribution in [0.3, 0.4) is 0 Å². The van der Waals surface area contributed by atoms with Crippen molar-refractivity contribution in [3.05, 3.63) is 40.0 Å². The van der Waals surface area contributed by atoms with Crippen LogP contribution < -0.4 is 5.32 Å². The standard InChI is InChI=1S/C22H29ClN4O5S/c1-13-9-17(14(2)8-16(13)23)33(30,31)11-19-25-21(32-26-19)10-20(29)24-18-6-7-27(15(3)28)12-22(18,4)5/h8-9,18H,6-7,10-12H2,1-5H3,(H,24,29). The van der Waals surface area contributed by atoms with E-state index in [4.69, 9.17) is 16.1 Å². The summed E-state index contributed by atoms with van der Waals surface area (Å²) in [5.74, 6) is -0.700. The maximum atomic E-state index is 12.9. The van der Waals surface area contributed by atoms with Crippen molar-refractivity contribution in [1.29, 1.82) is 0 Å². The molecule has 0 aliphatic carbocycles. The molecule has 1 aliphatic rings. The number of likely N-dealkylation sites (tertiary alicyclic amines) is 1. The lowest BCUT2D eigenvalue weighted by atomic mass is 9.79. The van der Waals surface area contributed by atoms with Crippen molar-refractivity contribution in [3.63, 3.8) is 0 Å². The molecular formula is C22H29ClN4O5S. The molecule has 33 heavy (non-hydrogen) atoms. The van der Waals surface area contributed by atoms with Crippen LogP contribution in [0.15, 0.2) is 21.6 Å². The highest BCUT2D eigenvalue weighted by molar-refractivity contribution is 7.90. The Balaban J connectivity index is 1.63. The van der Waals surface area contributed by atoms with Gasteiger partial charge in [0.25, 0.3) is 0 Å². The number of sulfone groups is 1. The van der Waals surface area contributed by atoms with Crippen molar-refractivity contribution in [2.75, 3.05) is 13.1 Å². The average Bonchev–Trinajstić information content (AvgIpc) is 3.11. The second kappa shape index (κ2) is 9.42. The van der Waals surface area contributed by atoms with Crippen LogP contribution in [0, 0.1) is 19.3 Å². The van der Waals surface area contributed by atoms with Crippen molar-refractivity contribution in [2.45, 2.75) is 64.2 Å². The molecule has 1 aliphatic heterocycles. The number of amides is 2. The zero-order valence-electron chi connectivity index (χ0n) is 19.4. The smallest absolute Gasteiger partial charge is 0.236 e. The van der Waals surface area contributed by atoms with Crippen molar-refractivity contribution in [1.82, 2.24) is 20.4 Å². The summed E-state index contributed by atoms with van der Waals surface area (Å²) in [5.41, 5.74) is 0.901. The van der Waals surface area contributed by atoms with Gasteiger partial charge in [0.15, 0.2) is 15.7 Å². The summed E-state index contributed by atoms with van der Waals surface area (Å²) in [6.07, 6.45) is 0.487. The van der Waals surface area contributed by atoms with Crippen LogP contribution >= 0.6 is 11.6 Å². The maximum Gasteiger partial charge on any atom is 0.236 e. The summed E-state index contributed by atoms with van der Waals surface area (Å²) in [6.45, 7) is 10.1. The molecule has 1 saturated heterocycles. The van der Waals surface area contributed by atoms with Crippen LogP contribution in [-0.2, 0) is 31.6 Å². The molecule has 0 saturated carbocycles. The molecule has 1 fully saturated rings. The number of hydrogen-bond donors (Lipinski definition) is 1. The normalized spacial score (nSPS) is 18.2. The number of piperidine rings is 1. The van der Waals surface area contributed by atoms with E-state index in [-0.39, 0.29) is 46.3 Å². The van der Waals surface area contributed by atoms with Crippen molar-refractivity contribution < 1.29 is 22.5 Å². The Hall–Kier alpha value is -2.46. The first-order valence-corrected chi connectivity index (χ1v) is 12.7. The fraction of sp³-hybridized carbons (Fsp3) is 0.545. The van der Waals surface area contributed by atoms with Crippen LogP contribution in [0.1, 0.15) is 50.0 Å². The molecule has 9 nitrogen and oxygen atoms in total. The Bertz CT molecular complexity index is 1180. The monoisotopic (exact) mass is 496 g/mol. The summed E-state index contributed by atoms with van der Waals surface area (Å²) < 4.78 is 30.8. The number of carbonyl (C=O) groups is 2. The molecule has 3 rings (SSSR count). The lowest BCUT2D eigenvalue weighted by Crippen LogP contribution is -2.56. The second-order valence-corrected chi connectivity index (χ2v) is 11.6. The van der Waals surface area contributed by atoms with Crippen LogP contribution in [0.25, 0.3) is 0 Å². The highest BCUT2D eigenvalue weighted by Crippen LogP contribution is 2.29. The molecule has 1 atom stereocenters. The van der Waals surface area contributed by atoms with Crippen molar-refractivity contribution in [2.24, 2.45) is 5.41 Å². The minimum atomic E-state index is -3.73. The van der Waals surface area contributed by atoms with E-state index < -0.39 is 15.6 Å². The van der Waals surface area contributed by atoms with E-state index in [2.05, 4.69) is 15.5 Å². The van der Waals surface area contributed by atoms with Gasteiger partial charge in [-0.25, -0.2) is 8.42 Å². The van der Waals surface area contributed by atoms with Crippen LogP contribution in [-0.4, -0.2) is 54.4 Å². The molecule has 1 N–H and O–H groups in total. The molecule has 11 heteroatoms. The highest BCUT2D eigenvalue weighted by Gasteiger charge is 2.37. The van der Waals surface area contributed by atoms with Gasteiger partial charge in [0.2, 0.25) is 17.7 Å². The quantitative estimate of drug-likeness (QED) is 0.652.